The second-order valence-corrected chi connectivity index (χ2v) is 5.35. The molecule has 0 spiro atoms. The summed E-state index contributed by atoms with van der Waals surface area (Å²) in [6.07, 6.45) is 5.45. The molecule has 100 valence electrons. The SMILES string of the molecule is CC1=CC(C)CC1(O)c1ccccc1C1OC=CO1. The summed E-state index contributed by atoms with van der Waals surface area (Å²) in [6.45, 7) is 4.10. The molecule has 0 saturated carbocycles. The zero-order valence-corrected chi connectivity index (χ0v) is 11.2. The lowest BCUT2D eigenvalue weighted by Crippen LogP contribution is -2.27. The highest BCUT2D eigenvalue weighted by atomic mass is 16.7. The molecule has 0 bridgehead atoms. The minimum atomic E-state index is -0.911. The molecule has 1 N–H and O–H groups in total. The van der Waals surface area contributed by atoms with Crippen molar-refractivity contribution in [3.8, 4) is 0 Å². The quantitative estimate of drug-likeness (QED) is 0.826. The summed E-state index contributed by atoms with van der Waals surface area (Å²) in [5.41, 5.74) is 1.85. The van der Waals surface area contributed by atoms with E-state index in [9.17, 15) is 5.11 Å². The van der Waals surface area contributed by atoms with Crippen LogP contribution in [0.2, 0.25) is 0 Å². The third kappa shape index (κ3) is 1.94. The van der Waals surface area contributed by atoms with E-state index in [0.717, 1.165) is 16.7 Å². The highest BCUT2D eigenvalue weighted by molar-refractivity contribution is 5.42. The van der Waals surface area contributed by atoms with Crippen LogP contribution in [0.5, 0.6) is 0 Å². The first kappa shape index (κ1) is 12.3. The molecular weight excluding hydrogens is 240 g/mol. The Labute approximate surface area is 113 Å². The van der Waals surface area contributed by atoms with Crippen LogP contribution in [0.3, 0.4) is 0 Å². The fraction of sp³-hybridized carbons (Fsp3) is 0.375. The van der Waals surface area contributed by atoms with Gasteiger partial charge in [-0.3, -0.25) is 0 Å². The van der Waals surface area contributed by atoms with Gasteiger partial charge in [-0.1, -0.05) is 37.3 Å². The highest BCUT2D eigenvalue weighted by Gasteiger charge is 2.40. The Kier molecular flexibility index (Phi) is 2.86. The molecule has 1 aliphatic heterocycles. The number of ether oxygens (including phenoxy) is 2. The standard InChI is InChI=1S/C16H18O3/c1-11-9-12(2)16(17,10-11)14-6-4-3-5-13(14)15-18-7-8-19-15/h3-9,11,15,17H,10H2,1-2H3. The Morgan fingerprint density at radius 2 is 1.89 bits per heavy atom. The van der Waals surface area contributed by atoms with Crippen molar-refractivity contribution in [2.75, 3.05) is 0 Å². The van der Waals surface area contributed by atoms with Gasteiger partial charge in [-0.25, -0.2) is 0 Å². The average Bonchev–Trinajstić information content (AvgIpc) is 2.99. The molecule has 0 aromatic heterocycles. The Bertz CT molecular complexity index is 539. The van der Waals surface area contributed by atoms with Gasteiger partial charge in [0.05, 0.1) is 0 Å². The predicted molar refractivity (Wildman–Crippen MR) is 71.9 cm³/mol. The molecule has 2 atom stereocenters. The van der Waals surface area contributed by atoms with Crippen LogP contribution in [-0.4, -0.2) is 5.11 Å². The van der Waals surface area contributed by atoms with Gasteiger partial charge in [0.15, 0.2) is 0 Å². The molecule has 0 saturated heterocycles. The van der Waals surface area contributed by atoms with Gasteiger partial charge in [0.25, 0.3) is 6.29 Å². The summed E-state index contributed by atoms with van der Waals surface area (Å²) < 4.78 is 10.8. The number of aliphatic hydroxyl groups is 1. The number of hydrogen-bond acceptors (Lipinski definition) is 3. The molecule has 3 nitrogen and oxygen atoms in total. The monoisotopic (exact) mass is 258 g/mol. The first-order valence-electron chi connectivity index (χ1n) is 6.58. The van der Waals surface area contributed by atoms with Crippen LogP contribution < -0.4 is 0 Å². The van der Waals surface area contributed by atoms with Crippen LogP contribution in [0.1, 0.15) is 37.7 Å². The van der Waals surface area contributed by atoms with Crippen molar-refractivity contribution >= 4 is 0 Å². The smallest absolute Gasteiger partial charge is 0.266 e. The van der Waals surface area contributed by atoms with E-state index in [-0.39, 0.29) is 0 Å². The molecule has 0 amide bonds. The van der Waals surface area contributed by atoms with E-state index in [1.54, 1.807) is 0 Å². The molecule has 3 rings (SSSR count). The third-order valence-corrected chi connectivity index (χ3v) is 3.92. The van der Waals surface area contributed by atoms with Crippen LogP contribution in [0.15, 0.2) is 48.4 Å². The maximum atomic E-state index is 11.0. The van der Waals surface area contributed by atoms with Crippen molar-refractivity contribution in [1.82, 2.24) is 0 Å². The molecule has 19 heavy (non-hydrogen) atoms. The van der Waals surface area contributed by atoms with Crippen LogP contribution in [0.25, 0.3) is 0 Å². The maximum Gasteiger partial charge on any atom is 0.266 e. The number of hydrogen-bond donors (Lipinski definition) is 1. The van der Waals surface area contributed by atoms with Gasteiger partial charge in [0.1, 0.15) is 18.1 Å². The van der Waals surface area contributed by atoms with Crippen molar-refractivity contribution in [2.24, 2.45) is 5.92 Å². The van der Waals surface area contributed by atoms with Gasteiger partial charge >= 0.3 is 0 Å². The first-order valence-corrected chi connectivity index (χ1v) is 6.58. The summed E-state index contributed by atoms with van der Waals surface area (Å²) >= 11 is 0. The molecule has 0 fully saturated rings. The number of benzene rings is 1. The number of allylic oxidation sites excluding steroid dienone is 1. The van der Waals surface area contributed by atoms with E-state index in [2.05, 4.69) is 13.0 Å². The average molecular weight is 258 g/mol. The van der Waals surface area contributed by atoms with Gasteiger partial charge in [-0.15, -0.1) is 0 Å². The van der Waals surface area contributed by atoms with Crippen LogP contribution in [0, 0.1) is 5.92 Å². The van der Waals surface area contributed by atoms with Crippen molar-refractivity contribution in [3.63, 3.8) is 0 Å². The highest BCUT2D eigenvalue weighted by Crippen LogP contribution is 2.45. The summed E-state index contributed by atoms with van der Waals surface area (Å²) in [4.78, 5) is 0. The molecule has 1 aromatic rings. The van der Waals surface area contributed by atoms with Gasteiger partial charge in [-0.05, 0) is 30.4 Å². The van der Waals surface area contributed by atoms with Gasteiger partial charge in [0, 0.05) is 5.56 Å². The fourth-order valence-corrected chi connectivity index (χ4v) is 3.04. The predicted octanol–water partition coefficient (Wildman–Crippen LogP) is 3.38. The van der Waals surface area contributed by atoms with E-state index >= 15 is 0 Å². The van der Waals surface area contributed by atoms with Crippen LogP contribution in [-0.2, 0) is 15.1 Å². The van der Waals surface area contributed by atoms with Crippen LogP contribution >= 0.6 is 0 Å². The number of rotatable bonds is 2. The Balaban J connectivity index is 2.03. The summed E-state index contributed by atoms with van der Waals surface area (Å²) in [6, 6.07) is 7.77. The van der Waals surface area contributed by atoms with Crippen molar-refractivity contribution in [3.05, 3.63) is 59.6 Å². The van der Waals surface area contributed by atoms with Gasteiger partial charge < -0.3 is 14.6 Å². The van der Waals surface area contributed by atoms with Gasteiger partial charge in [-0.2, -0.15) is 0 Å². The minimum absolute atomic E-state index is 0.376. The topological polar surface area (TPSA) is 38.7 Å². The fourth-order valence-electron chi connectivity index (χ4n) is 3.04. The van der Waals surface area contributed by atoms with Crippen molar-refractivity contribution in [2.45, 2.75) is 32.2 Å². The molecule has 1 aromatic carbocycles. The van der Waals surface area contributed by atoms with E-state index in [1.165, 1.54) is 12.5 Å². The third-order valence-electron chi connectivity index (χ3n) is 3.92. The molecule has 2 aliphatic rings. The Morgan fingerprint density at radius 1 is 1.21 bits per heavy atom. The van der Waals surface area contributed by atoms with Crippen LogP contribution in [0.4, 0.5) is 0 Å². The van der Waals surface area contributed by atoms with E-state index < -0.39 is 11.9 Å². The van der Waals surface area contributed by atoms with E-state index in [0.29, 0.717) is 12.3 Å². The lowest BCUT2D eigenvalue weighted by atomic mass is 9.84. The lowest BCUT2D eigenvalue weighted by molar-refractivity contribution is -0.0295. The van der Waals surface area contributed by atoms with E-state index in [1.807, 2.05) is 31.2 Å². The summed E-state index contributed by atoms with van der Waals surface area (Å²) in [5, 5.41) is 11.0. The molecule has 1 heterocycles. The second-order valence-electron chi connectivity index (χ2n) is 5.35. The zero-order chi connectivity index (χ0) is 13.5. The van der Waals surface area contributed by atoms with E-state index in [4.69, 9.17) is 9.47 Å². The summed E-state index contributed by atoms with van der Waals surface area (Å²) in [5.74, 6) is 0.376. The Morgan fingerprint density at radius 3 is 2.53 bits per heavy atom. The minimum Gasteiger partial charge on any atom is -0.455 e. The Hall–Kier alpha value is -1.74. The molecular formula is C16H18O3. The normalized spacial score (nSPS) is 30.1. The van der Waals surface area contributed by atoms with Gasteiger partial charge in [0.2, 0.25) is 0 Å². The molecule has 2 unspecified atom stereocenters. The molecule has 1 aliphatic carbocycles. The van der Waals surface area contributed by atoms with Crippen molar-refractivity contribution in [1.29, 1.82) is 0 Å². The maximum absolute atomic E-state index is 11.0. The zero-order valence-electron chi connectivity index (χ0n) is 11.2. The second kappa shape index (κ2) is 4.42. The van der Waals surface area contributed by atoms with Crippen molar-refractivity contribution < 1.29 is 14.6 Å². The first-order chi connectivity index (χ1) is 9.11. The lowest BCUT2D eigenvalue weighted by Gasteiger charge is -2.29. The summed E-state index contributed by atoms with van der Waals surface area (Å²) in [7, 11) is 0. The molecule has 3 heteroatoms. The largest absolute Gasteiger partial charge is 0.455 e. The molecule has 0 radical (unpaired) electrons.